The third kappa shape index (κ3) is 6.82. The Bertz CT molecular complexity index is 2160. The fourth-order valence-electron chi connectivity index (χ4n) is 10.0. The van der Waals surface area contributed by atoms with E-state index in [1.807, 2.05) is 19.2 Å². The van der Waals surface area contributed by atoms with Crippen LogP contribution in [0.1, 0.15) is 78.9 Å². The number of rotatable bonds is 8. The second-order valence-electron chi connectivity index (χ2n) is 16.5. The average molecular weight is 779 g/mol. The van der Waals surface area contributed by atoms with Gasteiger partial charge in [0.15, 0.2) is 11.5 Å². The highest BCUT2D eigenvalue weighted by Crippen LogP contribution is 2.44. The molecule has 4 saturated heterocycles. The number of hydrogen-bond acceptors (Lipinski definition) is 10. The molecular weight excluding hydrogens is 728 g/mol. The number of aromatic nitrogens is 3. The van der Waals surface area contributed by atoms with Crippen molar-refractivity contribution in [3.8, 4) is 0 Å². The predicted molar refractivity (Wildman–Crippen MR) is 219 cm³/mol. The number of carbonyl (C=O) groups is 3. The summed E-state index contributed by atoms with van der Waals surface area (Å²) in [6.07, 6.45) is 10.6. The number of anilines is 5. The molecule has 0 aliphatic carbocycles. The fourth-order valence-corrected chi connectivity index (χ4v) is 10.3. The van der Waals surface area contributed by atoms with Crippen molar-refractivity contribution in [3.63, 3.8) is 0 Å². The number of fused-ring (bicyclic) bond motifs is 2. The molecule has 1 unspecified atom stereocenters. The molecule has 3 amide bonds. The van der Waals surface area contributed by atoms with E-state index in [9.17, 15) is 14.4 Å². The minimum absolute atomic E-state index is 0.205. The Labute approximate surface area is 332 Å². The van der Waals surface area contributed by atoms with E-state index >= 15 is 0 Å². The summed E-state index contributed by atoms with van der Waals surface area (Å²) in [5.41, 5.74) is 13.5. The largest absolute Gasteiger partial charge is 0.385 e. The standard InChI is InChI=1S/C42H51ClN10O3/c1-45-33-24-37(48-53-36(39(44)55)25-46-40(33)53)52-18-11-30-34(3-2-4-35(30)52)51-16-9-27(10-17-51)26-49-19-12-42(13-20-49)14-21-50(22-15-42)28-5-7-32(43)31(23-28)29-6-8-38(54)47-41(29)56/h2-5,7,23-25,27,29,45H,6,8-22,26H2,1H3,(H2,44,55)(H,47,54,56). The van der Waals surface area contributed by atoms with E-state index in [1.165, 1.54) is 75.6 Å². The van der Waals surface area contributed by atoms with Crippen molar-refractivity contribution >= 4 is 63.5 Å². The van der Waals surface area contributed by atoms with Crippen LogP contribution in [-0.2, 0) is 16.0 Å². The molecule has 5 aliphatic rings. The van der Waals surface area contributed by atoms with Crippen LogP contribution in [0.3, 0.4) is 0 Å². The first kappa shape index (κ1) is 36.7. The van der Waals surface area contributed by atoms with E-state index in [1.54, 1.807) is 4.52 Å². The topological polar surface area (TPSA) is 144 Å². The van der Waals surface area contributed by atoms with Crippen LogP contribution in [0.25, 0.3) is 5.65 Å². The van der Waals surface area contributed by atoms with Gasteiger partial charge in [-0.3, -0.25) is 19.7 Å². The fraction of sp³-hybridized carbons (Fsp3) is 0.500. The van der Waals surface area contributed by atoms with Crippen molar-refractivity contribution in [1.29, 1.82) is 0 Å². The summed E-state index contributed by atoms with van der Waals surface area (Å²) in [5, 5.41) is 11.1. The van der Waals surface area contributed by atoms with Gasteiger partial charge in [0.25, 0.3) is 5.91 Å². The quantitative estimate of drug-likeness (QED) is 0.201. The first-order chi connectivity index (χ1) is 27.2. The molecule has 1 spiro atoms. The molecule has 1 atom stereocenters. The Kier molecular flexibility index (Phi) is 9.77. The van der Waals surface area contributed by atoms with Gasteiger partial charge in [-0.25, -0.2) is 9.50 Å². The van der Waals surface area contributed by atoms with Crippen molar-refractivity contribution in [2.45, 2.75) is 63.7 Å². The van der Waals surface area contributed by atoms with Crippen LogP contribution in [-0.4, -0.2) is 96.6 Å². The van der Waals surface area contributed by atoms with Crippen LogP contribution < -0.4 is 31.1 Å². The third-order valence-electron chi connectivity index (χ3n) is 13.4. The number of primary amides is 1. The monoisotopic (exact) mass is 778 g/mol. The average Bonchev–Trinajstić information content (AvgIpc) is 3.85. The van der Waals surface area contributed by atoms with E-state index in [-0.39, 0.29) is 23.4 Å². The predicted octanol–water partition coefficient (Wildman–Crippen LogP) is 5.34. The summed E-state index contributed by atoms with van der Waals surface area (Å²) in [7, 11) is 1.84. The highest BCUT2D eigenvalue weighted by molar-refractivity contribution is 6.31. The highest BCUT2D eigenvalue weighted by Gasteiger charge is 2.39. The maximum Gasteiger partial charge on any atom is 0.269 e. The number of nitrogens with one attached hydrogen (secondary N) is 2. The minimum Gasteiger partial charge on any atom is -0.385 e. The number of hydrogen-bond donors (Lipinski definition) is 3. The zero-order valence-electron chi connectivity index (χ0n) is 32.1. The molecular formula is C42H51ClN10O3. The van der Waals surface area contributed by atoms with Crippen molar-refractivity contribution in [3.05, 3.63) is 70.5 Å². The smallest absolute Gasteiger partial charge is 0.269 e. The highest BCUT2D eigenvalue weighted by atomic mass is 35.5. The number of amides is 3. The van der Waals surface area contributed by atoms with Crippen LogP contribution in [0.15, 0.2) is 48.7 Å². The zero-order valence-corrected chi connectivity index (χ0v) is 32.9. The Hall–Kier alpha value is -4.88. The van der Waals surface area contributed by atoms with E-state index in [4.69, 9.17) is 22.4 Å². The molecule has 14 heteroatoms. The number of halogens is 1. The summed E-state index contributed by atoms with van der Waals surface area (Å²) >= 11 is 6.57. The Morgan fingerprint density at radius 2 is 1.68 bits per heavy atom. The number of nitrogens with zero attached hydrogens (tertiary/aromatic N) is 7. The number of piperidine rings is 4. The van der Waals surface area contributed by atoms with Gasteiger partial charge in [0.2, 0.25) is 11.8 Å². The number of imidazole rings is 1. The lowest BCUT2D eigenvalue weighted by atomic mass is 9.71. The van der Waals surface area contributed by atoms with Crippen LogP contribution in [0, 0.1) is 11.3 Å². The number of likely N-dealkylation sites (tertiary alicyclic amines) is 1. The molecule has 13 nitrogen and oxygen atoms in total. The maximum absolute atomic E-state index is 12.6. The second kappa shape index (κ2) is 14.9. The molecule has 4 N–H and O–H groups in total. The molecule has 4 aromatic rings. The lowest BCUT2D eigenvalue weighted by Gasteiger charge is -2.48. The number of carbonyl (C=O) groups excluding carboxylic acids is 3. The Morgan fingerprint density at radius 3 is 2.41 bits per heavy atom. The van der Waals surface area contributed by atoms with Crippen LogP contribution >= 0.6 is 11.6 Å². The van der Waals surface area contributed by atoms with Crippen molar-refractivity contribution in [1.82, 2.24) is 24.8 Å². The number of benzene rings is 2. The first-order valence-electron chi connectivity index (χ1n) is 20.3. The van der Waals surface area contributed by atoms with Gasteiger partial charge in [-0.05, 0) is 112 Å². The molecule has 2 aromatic heterocycles. The van der Waals surface area contributed by atoms with Gasteiger partial charge in [-0.1, -0.05) is 17.7 Å². The SMILES string of the molecule is CNc1cc(N2CCc3c(N4CCC(CN5CCC6(CC5)CCN(c5ccc(Cl)c(C7CCC(=O)NC7=O)c5)CC6)CC4)cccc32)nn2c(C(N)=O)cnc12. The molecule has 0 radical (unpaired) electrons. The number of nitrogens with two attached hydrogens (primary N) is 1. The number of imide groups is 1. The molecule has 0 bridgehead atoms. The summed E-state index contributed by atoms with van der Waals surface area (Å²) in [4.78, 5) is 50.8. The minimum atomic E-state index is -0.557. The van der Waals surface area contributed by atoms with E-state index in [2.05, 4.69) is 65.5 Å². The summed E-state index contributed by atoms with van der Waals surface area (Å²) in [6.45, 7) is 8.51. The molecule has 294 valence electrons. The molecule has 7 heterocycles. The summed E-state index contributed by atoms with van der Waals surface area (Å²) in [5.74, 6) is 0.0903. The Morgan fingerprint density at radius 1 is 0.929 bits per heavy atom. The molecule has 2 aromatic carbocycles. The second-order valence-corrected chi connectivity index (χ2v) is 16.9. The molecule has 56 heavy (non-hydrogen) atoms. The molecule has 5 aliphatic heterocycles. The van der Waals surface area contributed by atoms with Gasteiger partial charge in [-0.15, -0.1) is 5.10 Å². The molecule has 0 saturated carbocycles. The van der Waals surface area contributed by atoms with Crippen molar-refractivity contribution in [2.24, 2.45) is 17.1 Å². The van der Waals surface area contributed by atoms with Gasteiger partial charge in [0, 0.05) is 86.5 Å². The van der Waals surface area contributed by atoms with Gasteiger partial charge in [0.1, 0.15) is 5.69 Å². The van der Waals surface area contributed by atoms with E-state index in [0.29, 0.717) is 34.8 Å². The van der Waals surface area contributed by atoms with Gasteiger partial charge >= 0.3 is 0 Å². The van der Waals surface area contributed by atoms with E-state index < -0.39 is 5.91 Å². The van der Waals surface area contributed by atoms with Crippen LogP contribution in [0.2, 0.25) is 5.02 Å². The zero-order chi connectivity index (χ0) is 38.6. The first-order valence-corrected chi connectivity index (χ1v) is 20.7. The summed E-state index contributed by atoms with van der Waals surface area (Å²) < 4.78 is 1.55. The van der Waals surface area contributed by atoms with Gasteiger partial charge < -0.3 is 30.7 Å². The van der Waals surface area contributed by atoms with Gasteiger partial charge in [-0.2, -0.15) is 0 Å². The molecule has 9 rings (SSSR count). The Balaban J connectivity index is 0.778. The van der Waals surface area contributed by atoms with Crippen LogP contribution in [0.5, 0.6) is 0 Å². The normalized spacial score (nSPS) is 21.8. The lowest BCUT2D eigenvalue weighted by Crippen LogP contribution is -2.48. The van der Waals surface area contributed by atoms with Crippen LogP contribution in [0.4, 0.5) is 28.6 Å². The lowest BCUT2D eigenvalue weighted by molar-refractivity contribution is -0.134. The molecule has 4 fully saturated rings. The van der Waals surface area contributed by atoms with Crippen molar-refractivity contribution in [2.75, 3.05) is 79.4 Å². The van der Waals surface area contributed by atoms with Gasteiger partial charge in [0.05, 0.1) is 17.8 Å². The summed E-state index contributed by atoms with van der Waals surface area (Å²) in [6, 6.07) is 14.7. The van der Waals surface area contributed by atoms with E-state index in [0.717, 1.165) is 67.6 Å². The van der Waals surface area contributed by atoms with Crippen molar-refractivity contribution < 1.29 is 14.4 Å². The third-order valence-corrected chi connectivity index (χ3v) is 13.8. The maximum atomic E-state index is 12.6.